The van der Waals surface area contributed by atoms with Crippen molar-refractivity contribution in [1.82, 2.24) is 0 Å². The summed E-state index contributed by atoms with van der Waals surface area (Å²) >= 11 is 0. The maximum atomic E-state index is 13.4. The van der Waals surface area contributed by atoms with Crippen LogP contribution in [0, 0.1) is 12.7 Å². The number of carbonyl (C=O) groups is 1. The molecule has 4 nitrogen and oxygen atoms in total. The highest BCUT2D eigenvalue weighted by molar-refractivity contribution is 5.88. The zero-order chi connectivity index (χ0) is 12.3. The van der Waals surface area contributed by atoms with Crippen LogP contribution in [0.25, 0.3) is 0 Å². The first-order chi connectivity index (χ1) is 7.47. The lowest BCUT2D eigenvalue weighted by molar-refractivity contribution is 0.0691. The van der Waals surface area contributed by atoms with Crippen molar-refractivity contribution >= 4 is 5.97 Å². The van der Waals surface area contributed by atoms with Crippen molar-refractivity contribution in [2.45, 2.75) is 19.4 Å². The molecule has 0 saturated heterocycles. The van der Waals surface area contributed by atoms with E-state index < -0.39 is 17.8 Å². The van der Waals surface area contributed by atoms with E-state index in [1.807, 2.05) is 0 Å². The minimum absolute atomic E-state index is 0.0943. The van der Waals surface area contributed by atoms with Gasteiger partial charge in [0.15, 0.2) is 0 Å². The first kappa shape index (κ1) is 12.6. The number of aromatic carboxylic acids is 1. The Bertz CT molecular complexity index is 406. The lowest BCUT2D eigenvalue weighted by atomic mass is 9.97. The number of aliphatic hydroxyl groups is 1. The summed E-state index contributed by atoms with van der Waals surface area (Å²) < 4.78 is 13.4. The molecule has 0 aliphatic heterocycles. The molecule has 0 spiro atoms. The third kappa shape index (κ3) is 2.56. The second-order valence-electron chi connectivity index (χ2n) is 3.61. The molecule has 1 rings (SSSR count). The zero-order valence-electron chi connectivity index (χ0n) is 8.90. The van der Waals surface area contributed by atoms with E-state index in [9.17, 15) is 9.18 Å². The standard InChI is InChI=1S/C11H14FNO3/c1-6-4-8(11(15)16)9(12)5-7(6)10(13)2-3-14/h4-5,10,14H,2-3,13H2,1H3,(H,15,16). The molecular formula is C11H14FNO3. The van der Waals surface area contributed by atoms with Gasteiger partial charge in [0.05, 0.1) is 5.56 Å². The Morgan fingerprint density at radius 2 is 2.19 bits per heavy atom. The predicted molar refractivity (Wildman–Crippen MR) is 56.7 cm³/mol. The Kier molecular flexibility index (Phi) is 3.98. The fraction of sp³-hybridized carbons (Fsp3) is 0.364. The maximum absolute atomic E-state index is 13.4. The predicted octanol–water partition coefficient (Wildman–Crippen LogP) is 1.21. The molecule has 1 aromatic carbocycles. The van der Waals surface area contributed by atoms with E-state index in [0.29, 0.717) is 17.5 Å². The van der Waals surface area contributed by atoms with Crippen LogP contribution in [0.3, 0.4) is 0 Å². The normalized spacial score (nSPS) is 12.5. The molecular weight excluding hydrogens is 213 g/mol. The average molecular weight is 227 g/mol. The van der Waals surface area contributed by atoms with Crippen molar-refractivity contribution in [3.05, 3.63) is 34.6 Å². The molecule has 4 N–H and O–H groups in total. The van der Waals surface area contributed by atoms with Crippen molar-refractivity contribution < 1.29 is 19.4 Å². The molecule has 0 amide bonds. The number of nitrogens with two attached hydrogens (primary N) is 1. The lowest BCUT2D eigenvalue weighted by Crippen LogP contribution is -2.15. The molecule has 0 bridgehead atoms. The third-order valence-corrected chi connectivity index (χ3v) is 2.43. The number of benzene rings is 1. The third-order valence-electron chi connectivity index (χ3n) is 2.43. The van der Waals surface area contributed by atoms with Gasteiger partial charge in [-0.1, -0.05) is 0 Å². The highest BCUT2D eigenvalue weighted by Gasteiger charge is 2.16. The molecule has 0 radical (unpaired) electrons. The van der Waals surface area contributed by atoms with E-state index in [1.54, 1.807) is 6.92 Å². The summed E-state index contributed by atoms with van der Waals surface area (Å²) in [7, 11) is 0. The van der Waals surface area contributed by atoms with Gasteiger partial charge < -0.3 is 15.9 Å². The molecule has 0 aliphatic carbocycles. The van der Waals surface area contributed by atoms with Crippen LogP contribution in [-0.2, 0) is 0 Å². The molecule has 0 aromatic heterocycles. The van der Waals surface area contributed by atoms with E-state index in [1.165, 1.54) is 6.07 Å². The fourth-order valence-corrected chi connectivity index (χ4v) is 1.55. The van der Waals surface area contributed by atoms with Crippen LogP contribution in [-0.4, -0.2) is 22.8 Å². The summed E-state index contributed by atoms with van der Waals surface area (Å²) in [6, 6.07) is 1.89. The van der Waals surface area contributed by atoms with Gasteiger partial charge in [0, 0.05) is 12.6 Å². The Morgan fingerprint density at radius 1 is 1.56 bits per heavy atom. The molecule has 1 aromatic rings. The van der Waals surface area contributed by atoms with Crippen molar-refractivity contribution in [2.24, 2.45) is 5.73 Å². The number of aliphatic hydroxyl groups excluding tert-OH is 1. The van der Waals surface area contributed by atoms with Gasteiger partial charge in [-0.15, -0.1) is 0 Å². The van der Waals surface area contributed by atoms with Gasteiger partial charge >= 0.3 is 5.97 Å². The van der Waals surface area contributed by atoms with Gasteiger partial charge in [-0.05, 0) is 36.6 Å². The topological polar surface area (TPSA) is 83.5 Å². The largest absolute Gasteiger partial charge is 0.478 e. The van der Waals surface area contributed by atoms with Crippen molar-refractivity contribution in [3.63, 3.8) is 0 Å². The maximum Gasteiger partial charge on any atom is 0.338 e. The number of rotatable bonds is 4. The number of aryl methyl sites for hydroxylation is 1. The first-order valence-electron chi connectivity index (χ1n) is 4.87. The van der Waals surface area contributed by atoms with E-state index in [2.05, 4.69) is 0 Å². The second kappa shape index (κ2) is 5.05. The van der Waals surface area contributed by atoms with Crippen LogP contribution in [0.4, 0.5) is 4.39 Å². The molecule has 1 unspecified atom stereocenters. The van der Waals surface area contributed by atoms with Gasteiger partial charge in [-0.2, -0.15) is 0 Å². The van der Waals surface area contributed by atoms with Gasteiger partial charge in [0.1, 0.15) is 5.82 Å². The summed E-state index contributed by atoms with van der Waals surface area (Å²) in [5.41, 5.74) is 6.50. The van der Waals surface area contributed by atoms with Gasteiger partial charge in [0.2, 0.25) is 0 Å². The minimum Gasteiger partial charge on any atom is -0.478 e. The molecule has 16 heavy (non-hydrogen) atoms. The molecule has 0 heterocycles. The highest BCUT2D eigenvalue weighted by Crippen LogP contribution is 2.22. The van der Waals surface area contributed by atoms with Crippen molar-refractivity contribution in [3.8, 4) is 0 Å². The molecule has 0 aliphatic rings. The zero-order valence-corrected chi connectivity index (χ0v) is 8.90. The minimum atomic E-state index is -1.30. The Hall–Kier alpha value is -1.46. The summed E-state index contributed by atoms with van der Waals surface area (Å²) in [6.07, 6.45) is 0.312. The van der Waals surface area contributed by atoms with Crippen LogP contribution in [0.15, 0.2) is 12.1 Å². The molecule has 0 fully saturated rings. The van der Waals surface area contributed by atoms with Crippen LogP contribution in [0.5, 0.6) is 0 Å². The van der Waals surface area contributed by atoms with Crippen LogP contribution >= 0.6 is 0 Å². The number of hydrogen-bond donors (Lipinski definition) is 3. The average Bonchev–Trinajstić information content (AvgIpc) is 2.20. The van der Waals surface area contributed by atoms with Crippen LogP contribution < -0.4 is 5.73 Å². The number of carboxylic acid groups (broad SMARTS) is 1. The van der Waals surface area contributed by atoms with Crippen LogP contribution in [0.2, 0.25) is 0 Å². The summed E-state index contributed by atoms with van der Waals surface area (Å²) in [5, 5.41) is 17.4. The lowest BCUT2D eigenvalue weighted by Gasteiger charge is -2.14. The van der Waals surface area contributed by atoms with E-state index in [-0.39, 0.29) is 12.2 Å². The quantitative estimate of drug-likeness (QED) is 0.722. The summed E-state index contributed by atoms with van der Waals surface area (Å²) in [5.74, 6) is -2.11. The number of hydrogen-bond acceptors (Lipinski definition) is 3. The van der Waals surface area contributed by atoms with Gasteiger partial charge in [0.25, 0.3) is 0 Å². The van der Waals surface area contributed by atoms with E-state index in [4.69, 9.17) is 15.9 Å². The smallest absolute Gasteiger partial charge is 0.338 e. The van der Waals surface area contributed by atoms with Gasteiger partial charge in [-0.25, -0.2) is 9.18 Å². The number of halogens is 1. The Labute approximate surface area is 92.5 Å². The van der Waals surface area contributed by atoms with Crippen molar-refractivity contribution in [2.75, 3.05) is 6.61 Å². The highest BCUT2D eigenvalue weighted by atomic mass is 19.1. The summed E-state index contributed by atoms with van der Waals surface area (Å²) in [6.45, 7) is 1.57. The Morgan fingerprint density at radius 3 is 2.69 bits per heavy atom. The molecule has 88 valence electrons. The molecule has 1 atom stereocenters. The Balaban J connectivity index is 3.15. The van der Waals surface area contributed by atoms with E-state index >= 15 is 0 Å². The van der Waals surface area contributed by atoms with Gasteiger partial charge in [-0.3, -0.25) is 0 Å². The van der Waals surface area contributed by atoms with Crippen molar-refractivity contribution in [1.29, 1.82) is 0 Å². The monoisotopic (exact) mass is 227 g/mol. The molecule has 5 heteroatoms. The fourth-order valence-electron chi connectivity index (χ4n) is 1.55. The summed E-state index contributed by atoms with van der Waals surface area (Å²) in [4.78, 5) is 10.7. The molecule has 0 saturated carbocycles. The SMILES string of the molecule is Cc1cc(C(=O)O)c(F)cc1C(N)CCO. The van der Waals surface area contributed by atoms with E-state index in [0.717, 1.165) is 6.07 Å². The first-order valence-corrected chi connectivity index (χ1v) is 4.87. The second-order valence-corrected chi connectivity index (χ2v) is 3.61. The number of carboxylic acids is 1. The van der Waals surface area contributed by atoms with Crippen LogP contribution in [0.1, 0.15) is 33.9 Å².